The normalized spacial score (nSPS) is 21.6. The molecule has 6 nitrogen and oxygen atoms in total. The van der Waals surface area contributed by atoms with Crippen LogP contribution in [0.25, 0.3) is 0 Å². The van der Waals surface area contributed by atoms with Crippen LogP contribution in [-0.2, 0) is 21.2 Å². The van der Waals surface area contributed by atoms with Crippen LogP contribution in [0.15, 0.2) is 47.5 Å². The Kier molecular flexibility index (Phi) is 6.32. The standard InChI is InChI=1S/C22H24ClN3O3S2/c1-14-3-8-18(15(2)9-14)24-21(27)11-30-22-25-19-12-31(28,29)13-20(19)26(22)10-16-4-6-17(23)7-5-16/h3-9,19-20H,10-13H2,1-2H3,(H,24,27)/t19-,20-/m0/s1. The van der Waals surface area contributed by atoms with Gasteiger partial charge in [0.05, 0.1) is 29.3 Å². The molecule has 2 heterocycles. The summed E-state index contributed by atoms with van der Waals surface area (Å²) < 4.78 is 24.3. The third-order valence-corrected chi connectivity index (χ3v) is 8.43. The lowest BCUT2D eigenvalue weighted by Gasteiger charge is -2.26. The summed E-state index contributed by atoms with van der Waals surface area (Å²) in [6.45, 7) is 4.50. The molecule has 2 aromatic carbocycles. The highest BCUT2D eigenvalue weighted by Gasteiger charge is 2.46. The number of aliphatic imine (C=N–C) groups is 1. The van der Waals surface area contributed by atoms with Gasteiger partial charge < -0.3 is 10.2 Å². The molecule has 0 radical (unpaired) electrons. The smallest absolute Gasteiger partial charge is 0.234 e. The lowest BCUT2D eigenvalue weighted by atomic mass is 10.1. The molecule has 4 rings (SSSR count). The maximum Gasteiger partial charge on any atom is 0.234 e. The number of nitrogens with zero attached hydrogens (tertiary/aromatic N) is 2. The number of halogens is 1. The fraction of sp³-hybridized carbons (Fsp3) is 0.364. The third kappa shape index (κ3) is 5.25. The van der Waals surface area contributed by atoms with Crippen molar-refractivity contribution in [3.05, 3.63) is 64.2 Å². The fourth-order valence-electron chi connectivity index (χ4n) is 3.95. The van der Waals surface area contributed by atoms with Crippen LogP contribution >= 0.6 is 23.4 Å². The number of thioether (sulfide) groups is 1. The quantitative estimate of drug-likeness (QED) is 0.710. The molecule has 9 heteroatoms. The van der Waals surface area contributed by atoms with Crippen molar-refractivity contribution >= 4 is 50.0 Å². The van der Waals surface area contributed by atoms with Crippen molar-refractivity contribution in [2.75, 3.05) is 22.6 Å². The van der Waals surface area contributed by atoms with Crippen molar-refractivity contribution in [1.82, 2.24) is 4.90 Å². The Bertz CT molecular complexity index is 1130. The maximum absolute atomic E-state index is 12.5. The van der Waals surface area contributed by atoms with Gasteiger partial charge in [0.15, 0.2) is 15.0 Å². The number of anilines is 1. The fourth-order valence-corrected chi connectivity index (χ4v) is 6.86. The van der Waals surface area contributed by atoms with Crippen molar-refractivity contribution in [2.24, 2.45) is 4.99 Å². The van der Waals surface area contributed by atoms with Gasteiger partial charge in [-0.25, -0.2) is 8.42 Å². The van der Waals surface area contributed by atoms with Gasteiger partial charge in [-0.05, 0) is 43.2 Å². The summed E-state index contributed by atoms with van der Waals surface area (Å²) in [6.07, 6.45) is 0. The van der Waals surface area contributed by atoms with Crippen LogP contribution < -0.4 is 5.32 Å². The number of hydrogen-bond acceptors (Lipinski definition) is 6. The minimum absolute atomic E-state index is 0.0631. The summed E-state index contributed by atoms with van der Waals surface area (Å²) in [5.41, 5.74) is 3.97. The Morgan fingerprint density at radius 2 is 1.94 bits per heavy atom. The van der Waals surface area contributed by atoms with Gasteiger partial charge in [-0.2, -0.15) is 0 Å². The van der Waals surface area contributed by atoms with Crippen LogP contribution in [0.3, 0.4) is 0 Å². The first kappa shape index (κ1) is 22.2. The molecular formula is C22H24ClN3O3S2. The number of nitrogens with one attached hydrogen (secondary N) is 1. The van der Waals surface area contributed by atoms with E-state index in [9.17, 15) is 13.2 Å². The highest BCUT2D eigenvalue weighted by molar-refractivity contribution is 8.14. The van der Waals surface area contributed by atoms with Crippen molar-refractivity contribution in [1.29, 1.82) is 0 Å². The minimum atomic E-state index is -3.10. The average molecular weight is 478 g/mol. The van der Waals surface area contributed by atoms with Gasteiger partial charge in [0.1, 0.15) is 0 Å². The molecule has 2 aliphatic heterocycles. The van der Waals surface area contributed by atoms with Crippen molar-refractivity contribution in [3.63, 3.8) is 0 Å². The number of carbonyl (C=O) groups excluding carboxylic acids is 1. The molecule has 1 N–H and O–H groups in total. The number of rotatable bonds is 5. The zero-order chi connectivity index (χ0) is 22.2. The predicted molar refractivity (Wildman–Crippen MR) is 128 cm³/mol. The first-order valence-corrected chi connectivity index (χ1v) is 13.2. The van der Waals surface area contributed by atoms with E-state index in [1.54, 1.807) is 0 Å². The molecular weight excluding hydrogens is 454 g/mol. The Morgan fingerprint density at radius 1 is 1.19 bits per heavy atom. The summed E-state index contributed by atoms with van der Waals surface area (Å²) >= 11 is 7.34. The van der Waals surface area contributed by atoms with Gasteiger partial charge in [-0.15, -0.1) is 0 Å². The number of benzene rings is 2. The molecule has 2 aliphatic rings. The number of amides is 1. The molecule has 0 aliphatic carbocycles. The second-order valence-electron chi connectivity index (χ2n) is 8.03. The number of carbonyl (C=O) groups is 1. The Hall–Kier alpha value is -2.03. The zero-order valence-corrected chi connectivity index (χ0v) is 19.7. The number of sulfone groups is 1. The van der Waals surface area contributed by atoms with Crippen LogP contribution in [0.4, 0.5) is 5.69 Å². The molecule has 0 spiro atoms. The first-order chi connectivity index (χ1) is 14.7. The average Bonchev–Trinajstić information content (AvgIpc) is 3.16. The lowest BCUT2D eigenvalue weighted by Crippen LogP contribution is -2.38. The highest BCUT2D eigenvalue weighted by atomic mass is 35.5. The zero-order valence-electron chi connectivity index (χ0n) is 17.3. The number of fused-ring (bicyclic) bond motifs is 1. The largest absolute Gasteiger partial charge is 0.341 e. The molecule has 2 aromatic rings. The molecule has 1 fully saturated rings. The van der Waals surface area contributed by atoms with Gasteiger partial charge in [0.2, 0.25) is 5.91 Å². The Balaban J connectivity index is 1.45. The Labute approximate surface area is 192 Å². The van der Waals surface area contributed by atoms with E-state index in [4.69, 9.17) is 11.6 Å². The molecule has 2 atom stereocenters. The molecule has 164 valence electrons. The highest BCUT2D eigenvalue weighted by Crippen LogP contribution is 2.32. The molecule has 0 unspecified atom stereocenters. The van der Waals surface area contributed by atoms with Crippen molar-refractivity contribution < 1.29 is 13.2 Å². The van der Waals surface area contributed by atoms with E-state index in [-0.39, 0.29) is 35.2 Å². The third-order valence-electron chi connectivity index (χ3n) is 5.47. The summed E-state index contributed by atoms with van der Waals surface area (Å²) in [5, 5.41) is 4.32. The van der Waals surface area contributed by atoms with E-state index in [2.05, 4.69) is 10.3 Å². The van der Waals surface area contributed by atoms with Crippen LogP contribution in [0, 0.1) is 13.8 Å². The summed E-state index contributed by atoms with van der Waals surface area (Å²) in [5.74, 6) is 0.243. The SMILES string of the molecule is Cc1ccc(NC(=O)CSC2=N[C@H]3CS(=O)(=O)C[C@@H]3N2Cc2ccc(Cl)cc2)c(C)c1. The van der Waals surface area contributed by atoms with E-state index in [0.717, 1.165) is 27.5 Å². The van der Waals surface area contributed by atoms with Gasteiger partial charge >= 0.3 is 0 Å². The Morgan fingerprint density at radius 3 is 2.65 bits per heavy atom. The number of aryl methyl sites for hydroxylation is 2. The van der Waals surface area contributed by atoms with Gasteiger partial charge in [0.25, 0.3) is 0 Å². The second kappa shape index (κ2) is 8.84. The van der Waals surface area contributed by atoms with E-state index in [1.165, 1.54) is 11.8 Å². The predicted octanol–water partition coefficient (Wildman–Crippen LogP) is 3.67. The van der Waals surface area contributed by atoms with Crippen LogP contribution in [0.2, 0.25) is 5.02 Å². The summed E-state index contributed by atoms with van der Waals surface area (Å²) in [7, 11) is -3.10. The van der Waals surface area contributed by atoms with Crippen LogP contribution in [-0.4, -0.2) is 53.7 Å². The van der Waals surface area contributed by atoms with Crippen LogP contribution in [0.5, 0.6) is 0 Å². The number of hydrogen-bond donors (Lipinski definition) is 1. The topological polar surface area (TPSA) is 78.8 Å². The van der Waals surface area contributed by atoms with Crippen molar-refractivity contribution in [2.45, 2.75) is 32.5 Å². The molecule has 31 heavy (non-hydrogen) atoms. The molecule has 1 saturated heterocycles. The van der Waals surface area contributed by atoms with E-state index < -0.39 is 9.84 Å². The maximum atomic E-state index is 12.5. The van der Waals surface area contributed by atoms with Gasteiger partial charge in [0, 0.05) is 17.3 Å². The van der Waals surface area contributed by atoms with Gasteiger partial charge in [-0.1, -0.05) is 53.2 Å². The summed E-state index contributed by atoms with van der Waals surface area (Å²) in [6, 6.07) is 12.9. The summed E-state index contributed by atoms with van der Waals surface area (Å²) in [4.78, 5) is 19.2. The lowest BCUT2D eigenvalue weighted by molar-refractivity contribution is -0.113. The first-order valence-electron chi connectivity index (χ1n) is 9.99. The van der Waals surface area contributed by atoms with Crippen LogP contribution in [0.1, 0.15) is 16.7 Å². The van der Waals surface area contributed by atoms with E-state index >= 15 is 0 Å². The second-order valence-corrected chi connectivity index (χ2v) is 11.6. The molecule has 0 bridgehead atoms. The minimum Gasteiger partial charge on any atom is -0.341 e. The molecule has 0 aromatic heterocycles. The molecule has 0 saturated carbocycles. The van der Waals surface area contributed by atoms with E-state index in [1.807, 2.05) is 61.2 Å². The monoisotopic (exact) mass is 477 g/mol. The number of amidine groups is 1. The molecule has 1 amide bonds. The van der Waals surface area contributed by atoms with Gasteiger partial charge in [-0.3, -0.25) is 9.79 Å². The van der Waals surface area contributed by atoms with E-state index in [0.29, 0.717) is 11.6 Å². The van der Waals surface area contributed by atoms with Crippen molar-refractivity contribution in [3.8, 4) is 0 Å².